The van der Waals surface area contributed by atoms with Crippen LogP contribution >= 0.6 is 11.6 Å². The third-order valence-electron chi connectivity index (χ3n) is 3.75. The molecule has 0 aliphatic carbocycles. The number of carbonyl (C=O) groups excluding carboxylic acids is 2. The number of hydrogen-bond acceptors (Lipinski definition) is 3. The van der Waals surface area contributed by atoms with Crippen molar-refractivity contribution in [2.24, 2.45) is 5.73 Å². The van der Waals surface area contributed by atoms with Crippen molar-refractivity contribution in [2.75, 3.05) is 18.5 Å². The molecule has 23 heavy (non-hydrogen) atoms. The van der Waals surface area contributed by atoms with Crippen molar-refractivity contribution in [3.05, 3.63) is 28.8 Å². The Labute approximate surface area is 140 Å². The number of nitrogens with two attached hydrogens (primary N) is 1. The van der Waals surface area contributed by atoms with Crippen LogP contribution in [0, 0.1) is 0 Å². The number of halogens is 1. The van der Waals surface area contributed by atoms with Crippen molar-refractivity contribution in [1.29, 1.82) is 0 Å². The van der Waals surface area contributed by atoms with Crippen LogP contribution in [0.3, 0.4) is 0 Å². The summed E-state index contributed by atoms with van der Waals surface area (Å²) in [6.45, 7) is 1.48. The lowest BCUT2D eigenvalue weighted by Crippen LogP contribution is -2.29. The van der Waals surface area contributed by atoms with Crippen LogP contribution in [0.15, 0.2) is 18.2 Å². The first-order valence-corrected chi connectivity index (χ1v) is 8.20. The summed E-state index contributed by atoms with van der Waals surface area (Å²) in [5.41, 5.74) is 5.91. The van der Waals surface area contributed by atoms with Crippen molar-refractivity contribution in [1.82, 2.24) is 5.32 Å². The molecule has 7 heteroatoms. The number of benzene rings is 1. The lowest BCUT2D eigenvalue weighted by molar-refractivity contribution is 0.0999. The highest BCUT2D eigenvalue weighted by Crippen LogP contribution is 2.20. The lowest BCUT2D eigenvalue weighted by Gasteiger charge is -2.10. The number of urea groups is 1. The molecule has 1 aliphatic rings. The van der Waals surface area contributed by atoms with Crippen LogP contribution in [0.2, 0.25) is 5.02 Å². The molecule has 3 amide bonds. The maximum absolute atomic E-state index is 11.8. The molecule has 1 saturated heterocycles. The van der Waals surface area contributed by atoms with E-state index >= 15 is 0 Å². The van der Waals surface area contributed by atoms with Gasteiger partial charge in [-0.2, -0.15) is 0 Å². The van der Waals surface area contributed by atoms with Crippen LogP contribution in [0.25, 0.3) is 0 Å². The number of rotatable bonds is 7. The first-order valence-electron chi connectivity index (χ1n) is 7.82. The van der Waals surface area contributed by atoms with Gasteiger partial charge in [0.1, 0.15) is 0 Å². The molecule has 1 aliphatic heterocycles. The first kappa shape index (κ1) is 17.6. The summed E-state index contributed by atoms with van der Waals surface area (Å²) >= 11 is 5.93. The van der Waals surface area contributed by atoms with E-state index in [2.05, 4.69) is 10.6 Å². The van der Waals surface area contributed by atoms with E-state index in [1.165, 1.54) is 12.1 Å². The predicted octanol–water partition coefficient (Wildman–Crippen LogP) is 2.91. The second-order valence-corrected chi connectivity index (χ2v) is 5.98. The van der Waals surface area contributed by atoms with Crippen molar-refractivity contribution in [3.63, 3.8) is 0 Å². The molecule has 1 aromatic rings. The van der Waals surface area contributed by atoms with E-state index < -0.39 is 5.91 Å². The molecule has 1 atom stereocenters. The lowest BCUT2D eigenvalue weighted by atomic mass is 10.1. The Kier molecular flexibility index (Phi) is 6.67. The number of primary amides is 1. The van der Waals surface area contributed by atoms with E-state index in [1.54, 1.807) is 6.07 Å². The standard InChI is InChI=1S/C16H22ClN3O3/c17-14-10-11(6-7-13(14)15(18)21)20-16(22)19-8-2-1-4-12-5-3-9-23-12/h6-7,10,12H,1-5,8-9H2,(H2,18,21)(H2,19,20,22)/t12-/m0/s1. The molecule has 1 heterocycles. The SMILES string of the molecule is NC(=O)c1ccc(NC(=O)NCCCC[C@H]2CCCO2)cc1Cl. The average molecular weight is 340 g/mol. The molecule has 2 rings (SSSR count). The fourth-order valence-corrected chi connectivity index (χ4v) is 2.81. The van der Waals surface area contributed by atoms with E-state index in [1.807, 2.05) is 0 Å². The zero-order valence-electron chi connectivity index (χ0n) is 12.9. The summed E-state index contributed by atoms with van der Waals surface area (Å²) < 4.78 is 5.55. The zero-order valence-corrected chi connectivity index (χ0v) is 13.7. The van der Waals surface area contributed by atoms with Crippen LogP contribution in [0.5, 0.6) is 0 Å². The third-order valence-corrected chi connectivity index (χ3v) is 4.07. The van der Waals surface area contributed by atoms with Gasteiger partial charge in [-0.3, -0.25) is 4.79 Å². The topological polar surface area (TPSA) is 93.5 Å². The van der Waals surface area contributed by atoms with Gasteiger partial charge in [0.05, 0.1) is 16.7 Å². The van der Waals surface area contributed by atoms with Crippen molar-refractivity contribution in [3.8, 4) is 0 Å². The van der Waals surface area contributed by atoms with Gasteiger partial charge in [0.2, 0.25) is 5.91 Å². The molecule has 1 fully saturated rings. The van der Waals surface area contributed by atoms with Gasteiger partial charge in [0, 0.05) is 18.8 Å². The smallest absolute Gasteiger partial charge is 0.319 e. The van der Waals surface area contributed by atoms with Crippen molar-refractivity contribution in [2.45, 2.75) is 38.2 Å². The summed E-state index contributed by atoms with van der Waals surface area (Å²) in [7, 11) is 0. The molecule has 0 radical (unpaired) electrons. The minimum absolute atomic E-state index is 0.215. The second-order valence-electron chi connectivity index (χ2n) is 5.57. The van der Waals surface area contributed by atoms with E-state index in [4.69, 9.17) is 22.1 Å². The number of hydrogen-bond donors (Lipinski definition) is 3. The number of nitrogens with one attached hydrogen (secondary N) is 2. The van der Waals surface area contributed by atoms with Gasteiger partial charge < -0.3 is 21.1 Å². The predicted molar refractivity (Wildman–Crippen MR) is 89.8 cm³/mol. The third kappa shape index (κ3) is 5.73. The number of unbranched alkanes of at least 4 members (excludes halogenated alkanes) is 1. The highest BCUT2D eigenvalue weighted by atomic mass is 35.5. The maximum Gasteiger partial charge on any atom is 0.319 e. The number of amides is 3. The summed E-state index contributed by atoms with van der Waals surface area (Å²) in [6, 6.07) is 4.27. The van der Waals surface area contributed by atoms with Crippen LogP contribution in [-0.4, -0.2) is 31.2 Å². The molecule has 6 nitrogen and oxygen atoms in total. The summed E-state index contributed by atoms with van der Waals surface area (Å²) in [4.78, 5) is 22.9. The normalized spacial score (nSPS) is 17.0. The Morgan fingerprint density at radius 2 is 2.17 bits per heavy atom. The van der Waals surface area contributed by atoms with Crippen molar-refractivity contribution < 1.29 is 14.3 Å². The van der Waals surface area contributed by atoms with Gasteiger partial charge in [-0.25, -0.2) is 4.79 Å². The van der Waals surface area contributed by atoms with E-state index in [0.29, 0.717) is 18.3 Å². The number of ether oxygens (including phenoxy) is 1. The largest absolute Gasteiger partial charge is 0.378 e. The highest BCUT2D eigenvalue weighted by Gasteiger charge is 2.14. The summed E-state index contributed by atoms with van der Waals surface area (Å²) in [5, 5.41) is 5.67. The van der Waals surface area contributed by atoms with Gasteiger partial charge >= 0.3 is 6.03 Å². The second kappa shape index (κ2) is 8.74. The Morgan fingerprint density at radius 1 is 1.35 bits per heavy atom. The van der Waals surface area contributed by atoms with Crippen LogP contribution < -0.4 is 16.4 Å². The van der Waals surface area contributed by atoms with Crippen LogP contribution in [0.1, 0.15) is 42.5 Å². The Morgan fingerprint density at radius 3 is 2.83 bits per heavy atom. The Hall–Kier alpha value is -1.79. The fraction of sp³-hybridized carbons (Fsp3) is 0.500. The van der Waals surface area contributed by atoms with Gasteiger partial charge in [0.15, 0.2) is 0 Å². The molecule has 4 N–H and O–H groups in total. The maximum atomic E-state index is 11.8. The molecule has 0 spiro atoms. The first-order chi connectivity index (χ1) is 11.1. The molecular formula is C16H22ClN3O3. The average Bonchev–Trinajstić information content (AvgIpc) is 3.00. The minimum atomic E-state index is -0.600. The molecule has 126 valence electrons. The highest BCUT2D eigenvalue weighted by molar-refractivity contribution is 6.34. The number of carbonyl (C=O) groups is 2. The zero-order chi connectivity index (χ0) is 16.7. The minimum Gasteiger partial charge on any atom is -0.378 e. The quantitative estimate of drug-likeness (QED) is 0.667. The van der Waals surface area contributed by atoms with E-state index in [0.717, 1.165) is 38.7 Å². The molecule has 1 aromatic carbocycles. The monoisotopic (exact) mass is 339 g/mol. The fourth-order valence-electron chi connectivity index (χ4n) is 2.54. The molecule has 0 bridgehead atoms. The number of anilines is 1. The van der Waals surface area contributed by atoms with Gasteiger partial charge in [-0.1, -0.05) is 11.6 Å². The van der Waals surface area contributed by atoms with Crippen LogP contribution in [-0.2, 0) is 4.74 Å². The van der Waals surface area contributed by atoms with Crippen LogP contribution in [0.4, 0.5) is 10.5 Å². The molecular weight excluding hydrogens is 318 g/mol. The van der Waals surface area contributed by atoms with Gasteiger partial charge in [-0.15, -0.1) is 0 Å². The molecule has 0 saturated carbocycles. The summed E-state index contributed by atoms with van der Waals surface area (Å²) in [6.07, 6.45) is 5.69. The van der Waals surface area contributed by atoms with Crippen molar-refractivity contribution >= 4 is 29.2 Å². The summed E-state index contributed by atoms with van der Waals surface area (Å²) in [5.74, 6) is -0.600. The Bertz CT molecular complexity index is 560. The molecule has 0 unspecified atom stereocenters. The Balaban J connectivity index is 1.66. The van der Waals surface area contributed by atoms with E-state index in [-0.39, 0.29) is 16.6 Å². The van der Waals surface area contributed by atoms with Gasteiger partial charge in [0.25, 0.3) is 0 Å². The van der Waals surface area contributed by atoms with E-state index in [9.17, 15) is 9.59 Å². The molecule has 0 aromatic heterocycles. The van der Waals surface area contributed by atoms with Gasteiger partial charge in [-0.05, 0) is 50.3 Å².